The average Bonchev–Trinajstić information content (AvgIpc) is 3.40. The van der Waals surface area contributed by atoms with Gasteiger partial charge in [-0.2, -0.15) is 0 Å². The van der Waals surface area contributed by atoms with Crippen molar-refractivity contribution >= 4 is 11.8 Å². The Kier molecular flexibility index (Phi) is 7.40. The normalized spacial score (nSPS) is 25.5. The van der Waals surface area contributed by atoms with Crippen LogP contribution in [0.15, 0.2) is 18.2 Å². The maximum Gasteiger partial charge on any atom is 0.404 e. The predicted octanol–water partition coefficient (Wildman–Crippen LogP) is 2.89. The molecule has 2 heterocycles. The Balaban J connectivity index is 0.000000520. The summed E-state index contributed by atoms with van der Waals surface area (Å²) in [6, 6.07) is 6.27. The van der Waals surface area contributed by atoms with Gasteiger partial charge in [-0.05, 0) is 69.5 Å². The van der Waals surface area contributed by atoms with Gasteiger partial charge in [0.25, 0.3) is 0 Å². The highest BCUT2D eigenvalue weighted by molar-refractivity contribution is 5.66. The Morgan fingerprint density at radius 3 is 2.39 bits per heavy atom. The average molecular weight is 434 g/mol. The van der Waals surface area contributed by atoms with E-state index in [0.29, 0.717) is 6.79 Å². The molecule has 8 nitrogen and oxygen atoms in total. The summed E-state index contributed by atoms with van der Waals surface area (Å²) in [5.41, 5.74) is 1.15. The number of benzene rings is 1. The molecule has 5 rings (SSSR count). The van der Waals surface area contributed by atoms with Gasteiger partial charge in [0.05, 0.1) is 11.8 Å². The van der Waals surface area contributed by atoms with Crippen molar-refractivity contribution in [3.63, 3.8) is 0 Å². The highest BCUT2D eigenvalue weighted by Gasteiger charge is 2.26. The van der Waals surface area contributed by atoms with Gasteiger partial charge in [-0.15, -0.1) is 0 Å². The molecule has 1 aromatic rings. The van der Waals surface area contributed by atoms with E-state index in [4.69, 9.17) is 19.7 Å². The minimum absolute atomic E-state index is 0.0833. The monoisotopic (exact) mass is 433 g/mol. The lowest BCUT2D eigenvalue weighted by Gasteiger charge is -2.37. The number of carboxylic acid groups (broad SMARTS) is 1. The van der Waals surface area contributed by atoms with Crippen molar-refractivity contribution in [2.75, 3.05) is 44.4 Å². The van der Waals surface area contributed by atoms with Crippen LogP contribution in [-0.2, 0) is 0 Å². The zero-order valence-corrected chi connectivity index (χ0v) is 18.2. The molecular formula is C23H35N3O5. The minimum atomic E-state index is -0.891. The van der Waals surface area contributed by atoms with Crippen LogP contribution in [0.4, 0.5) is 10.5 Å². The molecule has 2 aliphatic heterocycles. The second-order valence-corrected chi connectivity index (χ2v) is 9.03. The van der Waals surface area contributed by atoms with Crippen molar-refractivity contribution in [3.8, 4) is 11.5 Å². The summed E-state index contributed by atoms with van der Waals surface area (Å²) in [4.78, 5) is 15.7. The molecule has 0 aromatic heterocycles. The number of hydrogen-bond donors (Lipinski definition) is 3. The van der Waals surface area contributed by atoms with E-state index < -0.39 is 6.09 Å². The van der Waals surface area contributed by atoms with Gasteiger partial charge in [0, 0.05) is 32.2 Å². The van der Waals surface area contributed by atoms with Crippen molar-refractivity contribution in [3.05, 3.63) is 18.2 Å². The molecule has 8 heteroatoms. The number of nitrogens with zero attached hydrogens (tertiary/aromatic N) is 2. The fourth-order valence-corrected chi connectivity index (χ4v) is 4.59. The molecule has 31 heavy (non-hydrogen) atoms. The molecule has 2 aliphatic carbocycles. The van der Waals surface area contributed by atoms with Gasteiger partial charge in [-0.25, -0.2) is 4.79 Å². The number of piperazine rings is 1. The zero-order chi connectivity index (χ0) is 21.6. The number of aliphatic hydroxyl groups is 1. The summed E-state index contributed by atoms with van der Waals surface area (Å²) in [5, 5.41) is 19.6. The number of para-hydroxylation sites is 1. The molecule has 0 bridgehead atoms. The highest BCUT2D eigenvalue weighted by atomic mass is 16.7. The number of nitrogens with one attached hydrogen (secondary N) is 1. The molecule has 3 fully saturated rings. The van der Waals surface area contributed by atoms with E-state index in [-0.39, 0.29) is 12.1 Å². The molecule has 3 N–H and O–H groups in total. The van der Waals surface area contributed by atoms with Crippen LogP contribution in [-0.4, -0.2) is 72.9 Å². The first-order valence-electron chi connectivity index (χ1n) is 11.6. The lowest BCUT2D eigenvalue weighted by atomic mass is 9.84. The lowest BCUT2D eigenvalue weighted by molar-refractivity contribution is 0.173. The summed E-state index contributed by atoms with van der Waals surface area (Å²) >= 11 is 0. The molecule has 172 valence electrons. The summed E-state index contributed by atoms with van der Waals surface area (Å²) in [7, 11) is 0. The van der Waals surface area contributed by atoms with E-state index in [9.17, 15) is 4.79 Å². The fourth-order valence-electron chi connectivity index (χ4n) is 4.59. The number of hydrogen-bond acceptors (Lipinski definition) is 6. The summed E-state index contributed by atoms with van der Waals surface area (Å²) < 4.78 is 11.1. The molecule has 1 amide bonds. The van der Waals surface area contributed by atoms with E-state index in [1.807, 2.05) is 12.1 Å². The van der Waals surface area contributed by atoms with Gasteiger partial charge in [-0.3, -0.25) is 4.90 Å². The van der Waals surface area contributed by atoms with Gasteiger partial charge in [0.2, 0.25) is 6.79 Å². The van der Waals surface area contributed by atoms with Gasteiger partial charge in [0.15, 0.2) is 11.5 Å². The number of anilines is 1. The first-order chi connectivity index (χ1) is 15.1. The van der Waals surface area contributed by atoms with Gasteiger partial charge < -0.3 is 29.9 Å². The van der Waals surface area contributed by atoms with Gasteiger partial charge in [-0.1, -0.05) is 6.07 Å². The van der Waals surface area contributed by atoms with Crippen LogP contribution in [0.2, 0.25) is 0 Å². The first-order valence-corrected chi connectivity index (χ1v) is 11.6. The largest absolute Gasteiger partial charge is 0.465 e. The van der Waals surface area contributed by atoms with Crippen molar-refractivity contribution < 1.29 is 24.5 Å². The number of amides is 1. The maximum absolute atomic E-state index is 10.7. The molecular weight excluding hydrogens is 398 g/mol. The third kappa shape index (κ3) is 6.40. The fraction of sp³-hybridized carbons (Fsp3) is 0.696. The van der Waals surface area contributed by atoms with Gasteiger partial charge >= 0.3 is 6.09 Å². The quantitative estimate of drug-likeness (QED) is 0.657. The van der Waals surface area contributed by atoms with E-state index in [2.05, 4.69) is 21.2 Å². The lowest BCUT2D eigenvalue weighted by Crippen LogP contribution is -2.47. The molecule has 0 radical (unpaired) electrons. The first kappa shape index (κ1) is 22.0. The van der Waals surface area contributed by atoms with Crippen molar-refractivity contribution in [1.29, 1.82) is 0 Å². The minimum Gasteiger partial charge on any atom is -0.465 e. The van der Waals surface area contributed by atoms with E-state index in [1.165, 1.54) is 6.42 Å². The van der Waals surface area contributed by atoms with Crippen molar-refractivity contribution in [2.45, 2.75) is 57.1 Å². The Labute approximate surface area is 184 Å². The van der Waals surface area contributed by atoms with E-state index >= 15 is 0 Å². The number of carbonyl (C=O) groups is 1. The molecule has 2 saturated carbocycles. The number of rotatable bonds is 5. The highest BCUT2D eigenvalue weighted by Crippen LogP contribution is 2.41. The van der Waals surface area contributed by atoms with Crippen LogP contribution in [0.1, 0.15) is 44.9 Å². The van der Waals surface area contributed by atoms with Crippen molar-refractivity contribution in [1.82, 2.24) is 10.2 Å². The zero-order valence-electron chi connectivity index (χ0n) is 18.2. The Bertz CT molecular complexity index is 726. The van der Waals surface area contributed by atoms with Crippen LogP contribution < -0.4 is 19.7 Å². The molecule has 4 aliphatic rings. The third-order valence-corrected chi connectivity index (χ3v) is 6.66. The van der Waals surface area contributed by atoms with E-state index in [0.717, 1.165) is 94.4 Å². The summed E-state index contributed by atoms with van der Waals surface area (Å²) in [5.74, 6) is 2.47. The maximum atomic E-state index is 10.7. The van der Waals surface area contributed by atoms with Crippen LogP contribution >= 0.6 is 0 Å². The molecule has 0 spiro atoms. The van der Waals surface area contributed by atoms with Crippen LogP contribution in [0, 0.1) is 5.92 Å². The second kappa shape index (κ2) is 10.4. The molecule has 0 unspecified atom stereocenters. The smallest absolute Gasteiger partial charge is 0.404 e. The molecule has 0 atom stereocenters. The number of aliphatic hydroxyl groups excluding tert-OH is 1. The third-order valence-electron chi connectivity index (χ3n) is 6.66. The second-order valence-electron chi connectivity index (χ2n) is 9.03. The summed E-state index contributed by atoms with van der Waals surface area (Å²) in [6.07, 6.45) is 6.73. The SMILES string of the molecule is O=C(O)NC1CCC(CCN2CCN(c3cccc4c3OCO4)CC2)CC1.OC1CC1. The van der Waals surface area contributed by atoms with E-state index in [1.54, 1.807) is 0 Å². The van der Waals surface area contributed by atoms with Crippen LogP contribution in [0.25, 0.3) is 0 Å². The summed E-state index contributed by atoms with van der Waals surface area (Å²) in [6.45, 7) is 5.61. The Morgan fingerprint density at radius 1 is 1.03 bits per heavy atom. The number of ether oxygens (including phenoxy) is 2. The Hall–Kier alpha value is -2.19. The molecule has 1 aromatic carbocycles. The van der Waals surface area contributed by atoms with Gasteiger partial charge in [0.1, 0.15) is 0 Å². The molecule has 1 saturated heterocycles. The van der Waals surface area contributed by atoms with Crippen LogP contribution in [0.3, 0.4) is 0 Å². The standard InChI is InChI=1S/C20H29N3O4.C3H6O/c24-20(25)21-16-6-4-15(5-7-16)8-9-22-10-12-23(13-11-22)17-2-1-3-18-19(17)27-14-26-18;4-3-1-2-3/h1-3,15-16,21H,4-14H2,(H,24,25);3-4H,1-2H2. The van der Waals surface area contributed by atoms with Crippen molar-refractivity contribution in [2.24, 2.45) is 5.92 Å². The topological polar surface area (TPSA) is 94.5 Å². The Morgan fingerprint density at radius 2 is 1.74 bits per heavy atom. The number of fused-ring (bicyclic) bond motifs is 1. The van der Waals surface area contributed by atoms with Crippen LogP contribution in [0.5, 0.6) is 11.5 Å². The predicted molar refractivity (Wildman–Crippen MR) is 118 cm³/mol.